The number of likely N-dealkylation sites (tertiary alicyclic amines) is 2. The van der Waals surface area contributed by atoms with Crippen molar-refractivity contribution in [1.82, 2.24) is 29.8 Å². The van der Waals surface area contributed by atoms with Crippen LogP contribution in [0.25, 0.3) is 0 Å². The van der Waals surface area contributed by atoms with Crippen molar-refractivity contribution in [3.8, 4) is 6.07 Å². The highest BCUT2D eigenvalue weighted by molar-refractivity contribution is 6.25. The third-order valence-electron chi connectivity index (χ3n) is 12.0. The molecule has 3 aromatic rings. The van der Waals surface area contributed by atoms with Gasteiger partial charge in [-0.25, -0.2) is 0 Å². The van der Waals surface area contributed by atoms with E-state index in [2.05, 4.69) is 30.4 Å². The number of amides is 5. The van der Waals surface area contributed by atoms with Gasteiger partial charge in [-0.1, -0.05) is 6.07 Å². The van der Waals surface area contributed by atoms with Gasteiger partial charge in [0, 0.05) is 56.6 Å². The lowest BCUT2D eigenvalue weighted by atomic mass is 9.89. The molecule has 2 N–H and O–H groups in total. The van der Waals surface area contributed by atoms with Crippen LogP contribution >= 0.6 is 0 Å². The molecule has 8 rings (SSSR count). The number of hydrogen-bond acceptors (Lipinski definition) is 10. The Morgan fingerprint density at radius 3 is 2.34 bits per heavy atom. The smallest absolute Gasteiger partial charge is 0.368 e. The first-order valence-corrected chi connectivity index (χ1v) is 18.7. The summed E-state index contributed by atoms with van der Waals surface area (Å²) < 4.78 is 41.9. The number of rotatable bonds is 8. The molecule has 6 heterocycles. The summed E-state index contributed by atoms with van der Waals surface area (Å²) in [6.07, 6.45) is 0.862. The van der Waals surface area contributed by atoms with Gasteiger partial charge in [0.05, 0.1) is 40.2 Å². The zero-order valence-electron chi connectivity index (χ0n) is 30.8. The normalized spacial score (nSPS) is 21.8. The highest BCUT2D eigenvalue weighted by Crippen LogP contribution is 2.39. The second-order valence-corrected chi connectivity index (χ2v) is 15.7. The summed E-state index contributed by atoms with van der Waals surface area (Å²) in [7, 11) is 0. The number of imide groups is 2. The van der Waals surface area contributed by atoms with Crippen LogP contribution in [0.3, 0.4) is 0 Å². The second-order valence-electron chi connectivity index (χ2n) is 15.7. The molecule has 2 aromatic carbocycles. The van der Waals surface area contributed by atoms with Crippen molar-refractivity contribution in [3.63, 3.8) is 0 Å². The third-order valence-corrected chi connectivity index (χ3v) is 12.0. The molecule has 56 heavy (non-hydrogen) atoms. The summed E-state index contributed by atoms with van der Waals surface area (Å²) in [5.41, 5.74) is -0.626. The van der Waals surface area contributed by atoms with Crippen molar-refractivity contribution >= 4 is 40.9 Å². The predicted molar refractivity (Wildman–Crippen MR) is 194 cm³/mol. The van der Waals surface area contributed by atoms with Crippen molar-refractivity contribution in [2.75, 3.05) is 49.5 Å². The number of nitrogens with zero attached hydrogens (tertiary/aromatic N) is 7. The number of piperidine rings is 2. The van der Waals surface area contributed by atoms with Gasteiger partial charge in [-0.05, 0) is 88.0 Å². The fraction of sp³-hybridized carbons (Fsp3) is 0.462. The Kier molecular flexibility index (Phi) is 9.23. The van der Waals surface area contributed by atoms with Crippen LogP contribution in [0.15, 0.2) is 48.8 Å². The summed E-state index contributed by atoms with van der Waals surface area (Å²) in [4.78, 5) is 72.3. The van der Waals surface area contributed by atoms with Gasteiger partial charge >= 0.3 is 6.18 Å². The second kappa shape index (κ2) is 13.9. The zero-order valence-corrected chi connectivity index (χ0v) is 30.8. The average molecular weight is 772 g/mol. The van der Waals surface area contributed by atoms with Crippen molar-refractivity contribution in [1.29, 1.82) is 5.26 Å². The summed E-state index contributed by atoms with van der Waals surface area (Å²) in [5.74, 6) is -2.35. The summed E-state index contributed by atoms with van der Waals surface area (Å²) in [6, 6.07) is 9.56. The number of anilines is 2. The maximum atomic E-state index is 13.5. The topological polar surface area (TPSA) is 164 Å². The molecule has 0 spiro atoms. The van der Waals surface area contributed by atoms with Gasteiger partial charge < -0.3 is 10.2 Å². The number of carbonyl (C=O) groups excluding carboxylic acids is 5. The fourth-order valence-electron chi connectivity index (χ4n) is 8.45. The van der Waals surface area contributed by atoms with Gasteiger partial charge in [-0.3, -0.25) is 48.7 Å². The molecule has 4 fully saturated rings. The van der Waals surface area contributed by atoms with E-state index in [0.717, 1.165) is 61.6 Å². The molecule has 0 saturated carbocycles. The van der Waals surface area contributed by atoms with E-state index in [1.807, 2.05) is 12.3 Å². The van der Waals surface area contributed by atoms with E-state index in [1.165, 1.54) is 16.8 Å². The van der Waals surface area contributed by atoms with Crippen LogP contribution in [0.1, 0.15) is 82.9 Å². The van der Waals surface area contributed by atoms with E-state index in [-0.39, 0.29) is 30.0 Å². The summed E-state index contributed by atoms with van der Waals surface area (Å²) >= 11 is 0. The van der Waals surface area contributed by atoms with Crippen molar-refractivity contribution in [3.05, 3.63) is 76.6 Å². The van der Waals surface area contributed by atoms with Crippen LogP contribution in [0.4, 0.5) is 24.5 Å². The molecule has 5 aliphatic rings. The Bertz CT molecular complexity index is 2180. The molecule has 14 nitrogen and oxygen atoms in total. The largest absolute Gasteiger partial charge is 0.417 e. The maximum absolute atomic E-state index is 13.5. The van der Waals surface area contributed by atoms with E-state index in [4.69, 9.17) is 5.26 Å². The first kappa shape index (κ1) is 37.3. The van der Waals surface area contributed by atoms with Crippen LogP contribution in [0.2, 0.25) is 0 Å². The van der Waals surface area contributed by atoms with Crippen molar-refractivity contribution in [2.24, 2.45) is 0 Å². The fourth-order valence-corrected chi connectivity index (χ4v) is 8.45. The number of halogens is 3. The van der Waals surface area contributed by atoms with E-state index < -0.39 is 58.4 Å². The van der Waals surface area contributed by atoms with Gasteiger partial charge in [0.25, 0.3) is 17.7 Å². The Morgan fingerprint density at radius 2 is 1.66 bits per heavy atom. The van der Waals surface area contributed by atoms with Gasteiger partial charge in [-0.15, -0.1) is 0 Å². The van der Waals surface area contributed by atoms with E-state index in [0.29, 0.717) is 36.4 Å². The van der Waals surface area contributed by atoms with Gasteiger partial charge in [-0.2, -0.15) is 23.5 Å². The number of fused-ring (bicyclic) bond motifs is 1. The summed E-state index contributed by atoms with van der Waals surface area (Å²) in [5, 5.41) is 18.3. The predicted octanol–water partition coefficient (Wildman–Crippen LogP) is 3.30. The standard InChI is InChI=1S/C39H40F3N9O5/c1-38(2,37(56)45-25-7-6-23(15-43)29(14-25)39(40,41)42)50-17-24(16-44-50)22-10-12-47(13-11-22)26-18-48(19-26)27-20-49(21-27)30-5-3-4-28-33(30)36(55)51(35(28)54)31-8-9-32(52)46-34(31)53/h3-7,14,16-17,22,26-27,31H,8-13,18-21H2,1-2H3,(H,45,56)(H,46,52,53). The summed E-state index contributed by atoms with van der Waals surface area (Å²) in [6.45, 7) is 8.39. The molecule has 1 unspecified atom stereocenters. The minimum Gasteiger partial charge on any atom is -0.368 e. The number of nitriles is 1. The lowest BCUT2D eigenvalue weighted by Crippen LogP contribution is -2.70. The van der Waals surface area contributed by atoms with E-state index in [9.17, 15) is 37.1 Å². The monoisotopic (exact) mass is 771 g/mol. The molecule has 1 aromatic heterocycles. The Labute approximate surface area is 320 Å². The third kappa shape index (κ3) is 6.49. The van der Waals surface area contributed by atoms with E-state index >= 15 is 0 Å². The molecule has 0 aliphatic carbocycles. The molecular weight excluding hydrogens is 731 g/mol. The number of nitrogens with one attached hydrogen (secondary N) is 2. The highest BCUT2D eigenvalue weighted by atomic mass is 19.4. The molecule has 292 valence electrons. The average Bonchev–Trinajstić information content (AvgIpc) is 3.72. The quantitative estimate of drug-likeness (QED) is 0.325. The molecule has 5 amide bonds. The van der Waals surface area contributed by atoms with E-state index in [1.54, 1.807) is 32.2 Å². The molecule has 1 atom stereocenters. The van der Waals surface area contributed by atoms with Gasteiger partial charge in [0.15, 0.2) is 0 Å². The Balaban J connectivity index is 0.814. The molecule has 0 bridgehead atoms. The van der Waals surface area contributed by atoms with Crippen LogP contribution < -0.4 is 15.5 Å². The molecule has 0 radical (unpaired) electrons. The number of benzene rings is 2. The molecular formula is C39H40F3N9O5. The van der Waals surface area contributed by atoms with Crippen molar-refractivity contribution in [2.45, 2.75) is 75.3 Å². The first-order chi connectivity index (χ1) is 26.6. The van der Waals surface area contributed by atoms with Crippen LogP contribution in [-0.2, 0) is 26.1 Å². The lowest BCUT2D eigenvalue weighted by Gasteiger charge is -2.55. The number of aromatic nitrogens is 2. The number of alkyl halides is 3. The molecule has 5 aliphatic heterocycles. The SMILES string of the molecule is CC(C)(C(=O)Nc1ccc(C#N)c(C(F)(F)F)c1)n1cc(C2CCN(C3CN(C4CN(c5cccc6c5C(=O)N(C5CCC(=O)NC5=O)C6=O)C4)C3)CC2)cn1. The van der Waals surface area contributed by atoms with Crippen molar-refractivity contribution < 1.29 is 37.1 Å². The number of hydrogen-bond donors (Lipinski definition) is 2. The van der Waals surface area contributed by atoms with Gasteiger partial charge in [0.1, 0.15) is 11.6 Å². The lowest BCUT2D eigenvalue weighted by molar-refractivity contribution is -0.138. The molecule has 4 saturated heterocycles. The Hall–Kier alpha value is -5.60. The highest BCUT2D eigenvalue weighted by Gasteiger charge is 2.48. The number of carbonyl (C=O) groups is 5. The minimum atomic E-state index is -4.74. The van der Waals surface area contributed by atoms with Gasteiger partial charge in [0.2, 0.25) is 11.8 Å². The minimum absolute atomic E-state index is 0.0630. The van der Waals surface area contributed by atoms with Crippen LogP contribution in [0.5, 0.6) is 0 Å². The maximum Gasteiger partial charge on any atom is 0.417 e. The first-order valence-electron chi connectivity index (χ1n) is 18.7. The van der Waals surface area contributed by atoms with Crippen LogP contribution in [0, 0.1) is 11.3 Å². The molecule has 17 heteroatoms. The Morgan fingerprint density at radius 1 is 0.946 bits per heavy atom. The van der Waals surface area contributed by atoms with Crippen LogP contribution in [-0.4, -0.2) is 111 Å². The zero-order chi connectivity index (χ0) is 39.7.